The van der Waals surface area contributed by atoms with Gasteiger partial charge in [-0.3, -0.25) is 0 Å². The number of aliphatic hydroxyl groups excluding tert-OH is 3. The molecule has 0 aliphatic carbocycles. The zero-order chi connectivity index (χ0) is 17.2. The van der Waals surface area contributed by atoms with Gasteiger partial charge in [0.15, 0.2) is 0 Å². The molecule has 0 aliphatic heterocycles. The van der Waals surface area contributed by atoms with Crippen LogP contribution in [0.2, 0.25) is 0 Å². The van der Waals surface area contributed by atoms with Crippen LogP contribution >= 0.6 is 0 Å². The number of hydrogen-bond donors (Lipinski definition) is 5. The zero-order valence-electron chi connectivity index (χ0n) is 12.7. The van der Waals surface area contributed by atoms with E-state index in [4.69, 9.17) is 20.4 Å². The topological polar surface area (TPSA) is 118 Å². The van der Waals surface area contributed by atoms with E-state index >= 15 is 0 Å². The molecule has 23 heavy (non-hydrogen) atoms. The first kappa shape index (κ1) is 18.9. The Labute approximate surface area is 134 Å². The van der Waals surface area contributed by atoms with Gasteiger partial charge in [0.25, 0.3) is 0 Å². The third-order valence-electron chi connectivity index (χ3n) is 3.36. The summed E-state index contributed by atoms with van der Waals surface area (Å²) >= 11 is 0. The Balaban J connectivity index is 0.000000257. The van der Waals surface area contributed by atoms with E-state index in [0.29, 0.717) is 12.8 Å². The minimum Gasteiger partial charge on any atom is -0.508 e. The molecule has 0 heterocycles. The third kappa shape index (κ3) is 6.23. The lowest BCUT2D eigenvalue weighted by atomic mass is 10.1. The first-order chi connectivity index (χ1) is 11.0. The molecule has 6 nitrogen and oxygen atoms in total. The van der Waals surface area contributed by atoms with Crippen LogP contribution in [0.15, 0.2) is 36.4 Å². The minimum absolute atomic E-state index is 0.0104. The van der Waals surface area contributed by atoms with E-state index in [9.17, 15) is 9.90 Å². The molecule has 0 aromatic heterocycles. The Hall–Kier alpha value is -2.15. The summed E-state index contributed by atoms with van der Waals surface area (Å²) in [6.45, 7) is 0.156. The summed E-state index contributed by atoms with van der Waals surface area (Å²) in [7, 11) is 0. The van der Waals surface area contributed by atoms with Crippen LogP contribution in [0, 0.1) is 5.92 Å². The lowest BCUT2D eigenvalue weighted by Crippen LogP contribution is -2.11. The monoisotopic (exact) mass is 322 g/mol. The maximum absolute atomic E-state index is 10.7. The summed E-state index contributed by atoms with van der Waals surface area (Å²) in [6, 6.07) is 9.60. The van der Waals surface area contributed by atoms with Gasteiger partial charge >= 0.3 is 5.97 Å². The van der Waals surface area contributed by atoms with E-state index < -0.39 is 5.97 Å². The van der Waals surface area contributed by atoms with Gasteiger partial charge in [0, 0.05) is 25.7 Å². The fraction of sp³-hybridized carbons (Fsp3) is 0.353. The first-order valence-corrected chi connectivity index (χ1v) is 7.30. The highest BCUT2D eigenvalue weighted by Crippen LogP contribution is 2.20. The second-order valence-electron chi connectivity index (χ2n) is 5.15. The maximum Gasteiger partial charge on any atom is 0.335 e. The maximum atomic E-state index is 10.7. The Morgan fingerprint density at radius 1 is 0.957 bits per heavy atom. The van der Waals surface area contributed by atoms with Crippen LogP contribution in [0.5, 0.6) is 5.75 Å². The predicted molar refractivity (Wildman–Crippen MR) is 86.6 cm³/mol. The Bertz CT molecular complexity index is 622. The summed E-state index contributed by atoms with van der Waals surface area (Å²) < 4.78 is 0. The number of carbonyl (C=O) groups is 1. The van der Waals surface area contributed by atoms with Gasteiger partial charge in [-0.1, -0.05) is 12.1 Å². The van der Waals surface area contributed by atoms with Gasteiger partial charge in [0.1, 0.15) is 5.75 Å². The van der Waals surface area contributed by atoms with Crippen molar-refractivity contribution in [1.29, 1.82) is 0 Å². The lowest BCUT2D eigenvalue weighted by molar-refractivity contribution is 0.0697. The SMILES string of the molecule is O=C(O)c1ccc2cc(O)ccc2c1.OCCCC(CO)CO. The van der Waals surface area contributed by atoms with Crippen LogP contribution < -0.4 is 0 Å². The fourth-order valence-electron chi connectivity index (χ4n) is 1.99. The van der Waals surface area contributed by atoms with Crippen molar-refractivity contribution >= 4 is 16.7 Å². The molecule has 0 aliphatic rings. The fourth-order valence-corrected chi connectivity index (χ4v) is 1.99. The highest BCUT2D eigenvalue weighted by Gasteiger charge is 2.04. The molecule has 0 radical (unpaired) electrons. The van der Waals surface area contributed by atoms with Crippen molar-refractivity contribution in [3.8, 4) is 5.75 Å². The number of rotatable bonds is 6. The molecule has 0 atom stereocenters. The standard InChI is InChI=1S/C11H8O3.C6H14O3/c12-10-4-3-7-5-9(11(13)14)2-1-8(7)6-10;7-3-1-2-6(4-8)5-9/h1-6,12H,(H,13,14);6-9H,1-5H2. The van der Waals surface area contributed by atoms with Crippen molar-refractivity contribution in [2.75, 3.05) is 19.8 Å². The summed E-state index contributed by atoms with van der Waals surface area (Å²) in [6.07, 6.45) is 1.36. The van der Waals surface area contributed by atoms with Crippen molar-refractivity contribution in [3.05, 3.63) is 42.0 Å². The van der Waals surface area contributed by atoms with Crippen molar-refractivity contribution in [2.45, 2.75) is 12.8 Å². The number of hydrogen-bond acceptors (Lipinski definition) is 5. The number of carboxylic acids is 1. The third-order valence-corrected chi connectivity index (χ3v) is 3.36. The molecule has 0 spiro atoms. The largest absolute Gasteiger partial charge is 0.508 e. The molecule has 0 saturated carbocycles. The van der Waals surface area contributed by atoms with Gasteiger partial charge in [0.2, 0.25) is 0 Å². The molecule has 0 unspecified atom stereocenters. The number of benzene rings is 2. The summed E-state index contributed by atoms with van der Waals surface area (Å²) in [5, 5.41) is 44.9. The van der Waals surface area contributed by atoms with E-state index in [0.717, 1.165) is 10.8 Å². The Kier molecular flexibility index (Phi) is 8.04. The van der Waals surface area contributed by atoms with Crippen LogP contribution in [-0.2, 0) is 0 Å². The van der Waals surface area contributed by atoms with Crippen LogP contribution in [0.1, 0.15) is 23.2 Å². The number of aliphatic hydroxyl groups is 3. The average Bonchev–Trinajstić information content (AvgIpc) is 2.56. The van der Waals surface area contributed by atoms with E-state index in [-0.39, 0.29) is 37.1 Å². The first-order valence-electron chi connectivity index (χ1n) is 7.30. The van der Waals surface area contributed by atoms with Crippen molar-refractivity contribution in [1.82, 2.24) is 0 Å². The smallest absolute Gasteiger partial charge is 0.335 e. The van der Waals surface area contributed by atoms with Gasteiger partial charge in [-0.05, 0) is 47.9 Å². The summed E-state index contributed by atoms with van der Waals surface area (Å²) in [5.41, 5.74) is 0.253. The molecule has 0 amide bonds. The molecule has 126 valence electrons. The van der Waals surface area contributed by atoms with Gasteiger partial charge in [-0.15, -0.1) is 0 Å². The number of phenolic OH excluding ortho intramolecular Hbond substituents is 1. The zero-order valence-corrected chi connectivity index (χ0v) is 12.7. The predicted octanol–water partition coefficient (Wildman–Crippen LogP) is 1.60. The lowest BCUT2D eigenvalue weighted by Gasteiger charge is -2.07. The Morgan fingerprint density at radius 3 is 2.13 bits per heavy atom. The normalized spacial score (nSPS) is 10.4. The molecular formula is C17H22O6. The van der Waals surface area contributed by atoms with Crippen LogP contribution in [0.4, 0.5) is 0 Å². The molecule has 0 fully saturated rings. The molecule has 0 saturated heterocycles. The van der Waals surface area contributed by atoms with E-state index in [2.05, 4.69) is 0 Å². The van der Waals surface area contributed by atoms with Crippen LogP contribution in [0.25, 0.3) is 10.8 Å². The van der Waals surface area contributed by atoms with Gasteiger partial charge in [-0.2, -0.15) is 0 Å². The number of carboxylic acid groups (broad SMARTS) is 1. The second-order valence-corrected chi connectivity index (χ2v) is 5.15. The highest BCUT2D eigenvalue weighted by atomic mass is 16.4. The number of aromatic carboxylic acids is 1. The molecule has 6 heteroatoms. The number of fused-ring (bicyclic) bond motifs is 1. The molecule has 2 aromatic rings. The van der Waals surface area contributed by atoms with Gasteiger partial charge in [0.05, 0.1) is 5.56 Å². The van der Waals surface area contributed by atoms with Gasteiger partial charge in [-0.25, -0.2) is 4.79 Å². The van der Waals surface area contributed by atoms with Crippen LogP contribution in [0.3, 0.4) is 0 Å². The average molecular weight is 322 g/mol. The molecule has 0 bridgehead atoms. The Morgan fingerprint density at radius 2 is 1.57 bits per heavy atom. The van der Waals surface area contributed by atoms with Crippen LogP contribution in [-0.4, -0.2) is 51.3 Å². The number of phenols is 1. The summed E-state index contributed by atoms with van der Waals surface area (Å²) in [4.78, 5) is 10.7. The van der Waals surface area contributed by atoms with E-state index in [1.807, 2.05) is 0 Å². The molecule has 2 aromatic carbocycles. The van der Waals surface area contributed by atoms with Crippen molar-refractivity contribution in [3.63, 3.8) is 0 Å². The minimum atomic E-state index is -0.944. The molecular weight excluding hydrogens is 300 g/mol. The van der Waals surface area contributed by atoms with E-state index in [1.165, 1.54) is 12.1 Å². The summed E-state index contributed by atoms with van der Waals surface area (Å²) in [5.74, 6) is -0.808. The van der Waals surface area contributed by atoms with E-state index in [1.54, 1.807) is 24.3 Å². The molecule has 5 N–H and O–H groups in total. The highest BCUT2D eigenvalue weighted by molar-refractivity contribution is 5.94. The second kappa shape index (κ2) is 9.78. The van der Waals surface area contributed by atoms with Crippen molar-refractivity contribution in [2.24, 2.45) is 5.92 Å². The quantitative estimate of drug-likeness (QED) is 0.551. The van der Waals surface area contributed by atoms with Crippen molar-refractivity contribution < 1.29 is 30.3 Å². The molecule has 2 rings (SSSR count). The van der Waals surface area contributed by atoms with Gasteiger partial charge < -0.3 is 25.5 Å². The number of aromatic hydroxyl groups is 1.